The van der Waals surface area contributed by atoms with Crippen molar-refractivity contribution in [3.05, 3.63) is 23.9 Å². The van der Waals surface area contributed by atoms with Crippen LogP contribution < -0.4 is 5.32 Å². The van der Waals surface area contributed by atoms with Crippen LogP contribution in [-0.4, -0.2) is 35.8 Å². The molecule has 0 bridgehead atoms. The molecular formula is C12H18N2O3. The Bertz CT molecular complexity index is 369. The number of nitrogens with zero attached hydrogens (tertiary/aromatic N) is 1. The molecule has 2 N–H and O–H groups in total. The first-order valence-corrected chi connectivity index (χ1v) is 5.64. The summed E-state index contributed by atoms with van der Waals surface area (Å²) in [5, 5.41) is 12.4. The number of anilines is 1. The predicted molar refractivity (Wildman–Crippen MR) is 65.0 cm³/mol. The van der Waals surface area contributed by atoms with Crippen molar-refractivity contribution in [1.82, 2.24) is 4.98 Å². The van der Waals surface area contributed by atoms with E-state index >= 15 is 0 Å². The fraction of sp³-hybridized carbons (Fsp3) is 0.500. The van der Waals surface area contributed by atoms with Crippen molar-refractivity contribution in [3.63, 3.8) is 0 Å². The number of nitrogens with one attached hydrogen (secondary N) is 1. The van der Waals surface area contributed by atoms with Gasteiger partial charge in [0.25, 0.3) is 0 Å². The molecule has 1 rings (SSSR count). The summed E-state index contributed by atoms with van der Waals surface area (Å²) in [6, 6.07) is 3.33. The normalized spacial score (nSPS) is 11.9. The highest BCUT2D eigenvalue weighted by molar-refractivity contribution is 5.94. The second-order valence-corrected chi connectivity index (χ2v) is 3.67. The summed E-state index contributed by atoms with van der Waals surface area (Å²) < 4.78 is 4.66. The number of rotatable bonds is 6. The smallest absolute Gasteiger partial charge is 0.341 e. The third kappa shape index (κ3) is 4.03. The first-order valence-electron chi connectivity index (χ1n) is 5.64. The fourth-order valence-corrected chi connectivity index (χ4v) is 1.38. The number of hydrogen-bond acceptors (Lipinski definition) is 5. The van der Waals surface area contributed by atoms with Crippen molar-refractivity contribution >= 4 is 11.8 Å². The number of hydrogen-bond donors (Lipinski definition) is 2. The Morgan fingerprint density at radius 3 is 3.06 bits per heavy atom. The number of methoxy groups -OCH3 is 1. The Hall–Kier alpha value is -1.62. The zero-order valence-electron chi connectivity index (χ0n) is 10.1. The summed E-state index contributed by atoms with van der Waals surface area (Å²) in [5.41, 5.74) is 0.404. The molecule has 5 heteroatoms. The van der Waals surface area contributed by atoms with Crippen LogP contribution in [0.4, 0.5) is 5.82 Å². The number of aromatic nitrogens is 1. The van der Waals surface area contributed by atoms with Crippen LogP contribution in [0.1, 0.15) is 30.1 Å². The first-order chi connectivity index (χ1) is 8.19. The summed E-state index contributed by atoms with van der Waals surface area (Å²) in [6.07, 6.45) is 2.61. The molecule has 0 amide bonds. The van der Waals surface area contributed by atoms with Gasteiger partial charge in [-0.3, -0.25) is 0 Å². The molecule has 0 aromatic carbocycles. The predicted octanol–water partition coefficient (Wildman–Crippen LogP) is 1.44. The zero-order valence-corrected chi connectivity index (χ0v) is 10.1. The van der Waals surface area contributed by atoms with Crippen LogP contribution in [0.2, 0.25) is 0 Å². The summed E-state index contributed by atoms with van der Waals surface area (Å²) in [4.78, 5) is 15.5. The maximum atomic E-state index is 11.4. The molecule has 17 heavy (non-hydrogen) atoms. The van der Waals surface area contributed by atoms with E-state index in [9.17, 15) is 9.90 Å². The van der Waals surface area contributed by atoms with Gasteiger partial charge in [0.1, 0.15) is 11.4 Å². The van der Waals surface area contributed by atoms with Crippen LogP contribution >= 0.6 is 0 Å². The molecule has 0 aliphatic carbocycles. The van der Waals surface area contributed by atoms with Crippen LogP contribution in [0.25, 0.3) is 0 Å². The Labute approximate surface area is 101 Å². The number of pyridine rings is 1. The third-order valence-electron chi connectivity index (χ3n) is 2.45. The molecule has 1 aromatic heterocycles. The maximum absolute atomic E-state index is 11.4. The lowest BCUT2D eigenvalue weighted by Gasteiger charge is -2.11. The van der Waals surface area contributed by atoms with Gasteiger partial charge in [-0.1, -0.05) is 6.92 Å². The average molecular weight is 238 g/mol. The second-order valence-electron chi connectivity index (χ2n) is 3.67. The second kappa shape index (κ2) is 6.85. The molecular weight excluding hydrogens is 220 g/mol. The van der Waals surface area contributed by atoms with Gasteiger partial charge in [0.15, 0.2) is 0 Å². The van der Waals surface area contributed by atoms with Gasteiger partial charge >= 0.3 is 5.97 Å². The van der Waals surface area contributed by atoms with Gasteiger partial charge < -0.3 is 15.2 Å². The zero-order chi connectivity index (χ0) is 12.7. The van der Waals surface area contributed by atoms with E-state index in [1.165, 1.54) is 7.11 Å². The first kappa shape index (κ1) is 13.4. The van der Waals surface area contributed by atoms with Gasteiger partial charge in [0.2, 0.25) is 0 Å². The highest BCUT2D eigenvalue weighted by atomic mass is 16.5. The van der Waals surface area contributed by atoms with Crippen molar-refractivity contribution in [1.29, 1.82) is 0 Å². The standard InChI is InChI=1S/C12H18N2O3/c1-3-9(15)6-8-14-11-10(12(16)17-2)5-4-7-13-11/h4-5,7,9,15H,3,6,8H2,1-2H3,(H,13,14). The molecule has 1 heterocycles. The number of carbonyl (C=O) groups excluding carboxylic acids is 1. The summed E-state index contributed by atoms with van der Waals surface area (Å²) in [5.74, 6) is 0.0688. The Morgan fingerprint density at radius 1 is 1.65 bits per heavy atom. The van der Waals surface area contributed by atoms with Gasteiger partial charge in [-0.05, 0) is 25.0 Å². The van der Waals surface area contributed by atoms with Crippen molar-refractivity contribution in [3.8, 4) is 0 Å². The monoisotopic (exact) mass is 238 g/mol. The third-order valence-corrected chi connectivity index (χ3v) is 2.45. The summed E-state index contributed by atoms with van der Waals surface area (Å²) in [7, 11) is 1.33. The topological polar surface area (TPSA) is 71.5 Å². The molecule has 5 nitrogen and oxygen atoms in total. The van der Waals surface area contributed by atoms with E-state index in [4.69, 9.17) is 0 Å². The Kier molecular flexibility index (Phi) is 5.42. The molecule has 0 saturated heterocycles. The van der Waals surface area contributed by atoms with E-state index in [1.54, 1.807) is 18.3 Å². The summed E-state index contributed by atoms with van der Waals surface area (Å²) >= 11 is 0. The molecule has 94 valence electrons. The minimum absolute atomic E-state index is 0.326. The number of aliphatic hydroxyl groups excluding tert-OH is 1. The van der Waals surface area contributed by atoms with Crippen LogP contribution in [0.3, 0.4) is 0 Å². The fourth-order valence-electron chi connectivity index (χ4n) is 1.38. The highest BCUT2D eigenvalue weighted by Gasteiger charge is 2.12. The van der Waals surface area contributed by atoms with Crippen LogP contribution in [0, 0.1) is 0 Å². The maximum Gasteiger partial charge on any atom is 0.341 e. The molecule has 1 aromatic rings. The molecule has 0 aliphatic heterocycles. The highest BCUT2D eigenvalue weighted by Crippen LogP contribution is 2.12. The minimum atomic E-state index is -0.420. The van der Waals surface area contributed by atoms with Crippen molar-refractivity contribution in [2.24, 2.45) is 0 Å². The average Bonchev–Trinajstić information content (AvgIpc) is 2.38. The molecule has 0 fully saturated rings. The lowest BCUT2D eigenvalue weighted by Crippen LogP contribution is -2.15. The quantitative estimate of drug-likeness (QED) is 0.734. The molecule has 1 atom stereocenters. The molecule has 0 radical (unpaired) electrons. The van der Waals surface area contributed by atoms with Gasteiger partial charge in [0.05, 0.1) is 13.2 Å². The summed E-state index contributed by atoms with van der Waals surface area (Å²) in [6.45, 7) is 2.49. The lowest BCUT2D eigenvalue weighted by molar-refractivity contribution is 0.0601. The van der Waals surface area contributed by atoms with E-state index in [2.05, 4.69) is 15.0 Å². The largest absolute Gasteiger partial charge is 0.465 e. The van der Waals surface area contributed by atoms with Crippen LogP contribution in [0.5, 0.6) is 0 Å². The number of carbonyl (C=O) groups is 1. The van der Waals surface area contributed by atoms with Crippen LogP contribution in [-0.2, 0) is 4.74 Å². The Morgan fingerprint density at radius 2 is 2.41 bits per heavy atom. The van der Waals surface area contributed by atoms with E-state index in [0.717, 1.165) is 0 Å². The van der Waals surface area contributed by atoms with Crippen molar-refractivity contribution in [2.75, 3.05) is 19.0 Å². The molecule has 1 unspecified atom stereocenters. The SMILES string of the molecule is CCC(O)CCNc1ncccc1C(=O)OC. The Balaban J connectivity index is 2.61. The number of aliphatic hydroxyl groups is 1. The number of ether oxygens (including phenoxy) is 1. The minimum Gasteiger partial charge on any atom is -0.465 e. The van der Waals surface area contributed by atoms with Crippen molar-refractivity contribution < 1.29 is 14.6 Å². The van der Waals surface area contributed by atoms with Gasteiger partial charge in [-0.2, -0.15) is 0 Å². The number of esters is 1. The molecule has 0 saturated carbocycles. The lowest BCUT2D eigenvalue weighted by atomic mass is 10.2. The van der Waals surface area contributed by atoms with E-state index in [-0.39, 0.29) is 6.10 Å². The van der Waals surface area contributed by atoms with E-state index in [0.29, 0.717) is 30.8 Å². The van der Waals surface area contributed by atoms with Gasteiger partial charge in [-0.25, -0.2) is 9.78 Å². The molecule has 0 aliphatic rings. The van der Waals surface area contributed by atoms with Crippen LogP contribution in [0.15, 0.2) is 18.3 Å². The van der Waals surface area contributed by atoms with Gasteiger partial charge in [0, 0.05) is 12.7 Å². The van der Waals surface area contributed by atoms with Crippen molar-refractivity contribution in [2.45, 2.75) is 25.9 Å². The van der Waals surface area contributed by atoms with E-state index in [1.807, 2.05) is 6.92 Å². The molecule has 0 spiro atoms. The van der Waals surface area contributed by atoms with Gasteiger partial charge in [-0.15, -0.1) is 0 Å². The van der Waals surface area contributed by atoms with E-state index < -0.39 is 5.97 Å².